The number of carbonyl (C=O) groups is 3. The van der Waals surface area contributed by atoms with Crippen molar-refractivity contribution in [2.45, 2.75) is 13.0 Å². The molecule has 8 heteroatoms. The van der Waals surface area contributed by atoms with Crippen LogP contribution in [0.25, 0.3) is 0 Å². The third-order valence-corrected chi connectivity index (χ3v) is 4.35. The van der Waals surface area contributed by atoms with E-state index in [-0.39, 0.29) is 43.0 Å². The van der Waals surface area contributed by atoms with Crippen LogP contribution in [0.4, 0.5) is 0 Å². The van der Waals surface area contributed by atoms with Gasteiger partial charge in [-0.25, -0.2) is 0 Å². The molecule has 0 bridgehead atoms. The summed E-state index contributed by atoms with van der Waals surface area (Å²) in [4.78, 5) is 37.8. The van der Waals surface area contributed by atoms with Crippen LogP contribution in [0.1, 0.15) is 22.5 Å². The molecule has 1 atom stereocenters. The van der Waals surface area contributed by atoms with Gasteiger partial charge in [-0.1, -0.05) is 0 Å². The van der Waals surface area contributed by atoms with Crippen LogP contribution in [0.2, 0.25) is 0 Å². The molecule has 2 aromatic rings. The maximum absolute atomic E-state index is 12.2. The van der Waals surface area contributed by atoms with Gasteiger partial charge in [-0.05, 0) is 36.4 Å². The van der Waals surface area contributed by atoms with E-state index in [2.05, 4.69) is 10.6 Å². The van der Waals surface area contributed by atoms with Crippen molar-refractivity contribution in [2.75, 3.05) is 19.6 Å². The Balaban J connectivity index is 1.38. The number of furan rings is 1. The van der Waals surface area contributed by atoms with Gasteiger partial charge in [-0.15, -0.1) is 0 Å². The van der Waals surface area contributed by atoms with Gasteiger partial charge < -0.3 is 25.1 Å². The third-order valence-electron chi connectivity index (χ3n) is 4.35. The van der Waals surface area contributed by atoms with E-state index in [1.54, 1.807) is 23.3 Å². The summed E-state index contributed by atoms with van der Waals surface area (Å²) < 4.78 is 5.24. The minimum atomic E-state index is -0.403. The second-order valence-corrected chi connectivity index (χ2v) is 6.35. The summed E-state index contributed by atoms with van der Waals surface area (Å²) in [6, 6.07) is 9.44. The van der Waals surface area contributed by atoms with Gasteiger partial charge in [-0.3, -0.25) is 14.4 Å². The lowest BCUT2D eigenvalue weighted by atomic mass is 10.1. The zero-order valence-corrected chi connectivity index (χ0v) is 14.7. The van der Waals surface area contributed by atoms with Crippen LogP contribution in [0.5, 0.6) is 5.75 Å². The fourth-order valence-electron chi connectivity index (χ4n) is 2.91. The number of likely N-dealkylation sites (tertiary alicyclic amines) is 1. The monoisotopic (exact) mass is 371 g/mol. The molecule has 142 valence electrons. The average molecular weight is 371 g/mol. The average Bonchev–Trinajstić information content (AvgIpc) is 3.29. The SMILES string of the molecule is O=C(NCCNC(=O)C1CC(=O)N(Cc2ccco2)C1)c1ccc(O)cc1. The van der Waals surface area contributed by atoms with Crippen molar-refractivity contribution >= 4 is 17.7 Å². The second kappa shape index (κ2) is 8.39. The maximum Gasteiger partial charge on any atom is 0.251 e. The van der Waals surface area contributed by atoms with Crippen LogP contribution in [0.3, 0.4) is 0 Å². The summed E-state index contributed by atoms with van der Waals surface area (Å²) in [6.45, 7) is 1.25. The first-order valence-electron chi connectivity index (χ1n) is 8.68. The largest absolute Gasteiger partial charge is 0.508 e. The second-order valence-electron chi connectivity index (χ2n) is 6.35. The minimum absolute atomic E-state index is 0.0767. The molecule has 0 radical (unpaired) electrons. The lowest BCUT2D eigenvalue weighted by Crippen LogP contribution is -2.38. The van der Waals surface area contributed by atoms with Crippen molar-refractivity contribution in [3.63, 3.8) is 0 Å². The first-order chi connectivity index (χ1) is 13.0. The highest BCUT2D eigenvalue weighted by atomic mass is 16.3. The van der Waals surface area contributed by atoms with Crippen molar-refractivity contribution in [2.24, 2.45) is 5.92 Å². The summed E-state index contributed by atoms with van der Waals surface area (Å²) >= 11 is 0. The Kier molecular flexibility index (Phi) is 5.75. The normalized spacial score (nSPS) is 16.4. The Hall–Kier alpha value is -3.29. The van der Waals surface area contributed by atoms with Crippen LogP contribution in [-0.4, -0.2) is 47.4 Å². The van der Waals surface area contributed by atoms with E-state index in [0.29, 0.717) is 24.4 Å². The van der Waals surface area contributed by atoms with E-state index in [4.69, 9.17) is 4.42 Å². The van der Waals surface area contributed by atoms with Crippen LogP contribution in [-0.2, 0) is 16.1 Å². The van der Waals surface area contributed by atoms with Gasteiger partial charge in [0.1, 0.15) is 11.5 Å². The number of phenolic OH excluding ortho intramolecular Hbond substituents is 1. The van der Waals surface area contributed by atoms with E-state index in [1.807, 2.05) is 0 Å². The van der Waals surface area contributed by atoms with E-state index < -0.39 is 5.92 Å². The number of carbonyl (C=O) groups excluding carboxylic acids is 3. The lowest BCUT2D eigenvalue weighted by Gasteiger charge is -2.15. The molecule has 0 saturated carbocycles. The smallest absolute Gasteiger partial charge is 0.251 e. The van der Waals surface area contributed by atoms with Gasteiger partial charge in [0.25, 0.3) is 5.91 Å². The molecular formula is C19H21N3O5. The Bertz CT molecular complexity index is 801. The van der Waals surface area contributed by atoms with Gasteiger partial charge in [0, 0.05) is 31.6 Å². The number of hydrogen-bond acceptors (Lipinski definition) is 5. The lowest BCUT2D eigenvalue weighted by molar-refractivity contribution is -0.129. The maximum atomic E-state index is 12.2. The summed E-state index contributed by atoms with van der Waals surface area (Å²) in [5.74, 6) is -0.200. The summed E-state index contributed by atoms with van der Waals surface area (Å²) in [5, 5.41) is 14.6. The van der Waals surface area contributed by atoms with Gasteiger partial charge in [-0.2, -0.15) is 0 Å². The minimum Gasteiger partial charge on any atom is -0.508 e. The number of nitrogens with one attached hydrogen (secondary N) is 2. The van der Waals surface area contributed by atoms with Crippen LogP contribution >= 0.6 is 0 Å². The standard InChI is InChI=1S/C19H21N3O5/c23-15-5-3-13(4-6-15)18(25)20-7-8-21-19(26)14-10-17(24)22(11-14)12-16-2-1-9-27-16/h1-6,9,14,23H,7-8,10-12H2,(H,20,25)(H,21,26). The van der Waals surface area contributed by atoms with E-state index in [0.717, 1.165) is 0 Å². The van der Waals surface area contributed by atoms with Crippen LogP contribution < -0.4 is 10.6 Å². The quantitative estimate of drug-likeness (QED) is 0.626. The van der Waals surface area contributed by atoms with E-state index in [1.165, 1.54) is 24.3 Å². The highest BCUT2D eigenvalue weighted by Gasteiger charge is 2.34. The first kappa shape index (κ1) is 18.5. The van der Waals surface area contributed by atoms with Crippen molar-refractivity contribution in [3.8, 4) is 5.75 Å². The molecule has 1 aliphatic rings. The topological polar surface area (TPSA) is 112 Å². The summed E-state index contributed by atoms with van der Waals surface area (Å²) in [5.41, 5.74) is 0.425. The van der Waals surface area contributed by atoms with Crippen molar-refractivity contribution < 1.29 is 23.9 Å². The zero-order chi connectivity index (χ0) is 19.2. The Morgan fingerprint density at radius 3 is 2.59 bits per heavy atom. The molecule has 27 heavy (non-hydrogen) atoms. The number of rotatable bonds is 7. The molecule has 3 N–H and O–H groups in total. The van der Waals surface area contributed by atoms with Gasteiger partial charge >= 0.3 is 0 Å². The van der Waals surface area contributed by atoms with Crippen LogP contribution in [0, 0.1) is 5.92 Å². The first-order valence-corrected chi connectivity index (χ1v) is 8.68. The molecule has 0 aliphatic carbocycles. The fraction of sp³-hybridized carbons (Fsp3) is 0.316. The summed E-state index contributed by atoms with van der Waals surface area (Å²) in [7, 11) is 0. The van der Waals surface area contributed by atoms with Crippen molar-refractivity contribution in [1.29, 1.82) is 0 Å². The molecule has 2 heterocycles. The van der Waals surface area contributed by atoms with Crippen LogP contribution in [0.15, 0.2) is 47.1 Å². The molecule has 1 aromatic carbocycles. The molecular weight excluding hydrogens is 350 g/mol. The highest BCUT2D eigenvalue weighted by molar-refractivity contribution is 5.94. The Morgan fingerprint density at radius 1 is 1.15 bits per heavy atom. The summed E-state index contributed by atoms with van der Waals surface area (Å²) in [6.07, 6.45) is 1.72. The Morgan fingerprint density at radius 2 is 1.89 bits per heavy atom. The van der Waals surface area contributed by atoms with Gasteiger partial charge in [0.2, 0.25) is 11.8 Å². The molecule has 1 fully saturated rings. The number of phenols is 1. The number of aromatic hydroxyl groups is 1. The zero-order valence-electron chi connectivity index (χ0n) is 14.7. The molecule has 1 unspecified atom stereocenters. The highest BCUT2D eigenvalue weighted by Crippen LogP contribution is 2.20. The van der Waals surface area contributed by atoms with Crippen molar-refractivity contribution in [3.05, 3.63) is 54.0 Å². The molecule has 1 saturated heterocycles. The molecule has 3 amide bonds. The van der Waals surface area contributed by atoms with E-state index in [9.17, 15) is 19.5 Å². The van der Waals surface area contributed by atoms with Crippen molar-refractivity contribution in [1.82, 2.24) is 15.5 Å². The Labute approximate surface area is 156 Å². The number of amides is 3. The number of hydrogen-bond donors (Lipinski definition) is 3. The van der Waals surface area contributed by atoms with E-state index >= 15 is 0 Å². The van der Waals surface area contributed by atoms with Gasteiger partial charge in [0.15, 0.2) is 0 Å². The van der Waals surface area contributed by atoms with Gasteiger partial charge in [0.05, 0.1) is 18.7 Å². The third kappa shape index (κ3) is 4.87. The molecule has 0 spiro atoms. The predicted octanol–water partition coefficient (Wildman–Crippen LogP) is 0.880. The number of benzene rings is 1. The molecule has 3 rings (SSSR count). The fourth-order valence-corrected chi connectivity index (χ4v) is 2.91. The molecule has 1 aromatic heterocycles. The molecule has 8 nitrogen and oxygen atoms in total. The molecule has 1 aliphatic heterocycles. The predicted molar refractivity (Wildman–Crippen MR) is 95.7 cm³/mol. The number of nitrogens with zero attached hydrogens (tertiary/aromatic N) is 1.